The van der Waals surface area contributed by atoms with Gasteiger partial charge in [0.2, 0.25) is 0 Å². The summed E-state index contributed by atoms with van der Waals surface area (Å²) in [6.07, 6.45) is 7.51. The molecule has 42 heavy (non-hydrogen) atoms. The first-order valence-corrected chi connectivity index (χ1v) is 14.6. The summed E-state index contributed by atoms with van der Waals surface area (Å²) in [5, 5.41) is 5.67. The van der Waals surface area contributed by atoms with E-state index in [9.17, 15) is 8.78 Å². The van der Waals surface area contributed by atoms with E-state index in [0.29, 0.717) is 17.2 Å². The highest BCUT2D eigenvalue weighted by atomic mass is 19.1. The van der Waals surface area contributed by atoms with Gasteiger partial charge in [-0.25, -0.2) is 8.78 Å². The first-order chi connectivity index (χ1) is 20.6. The molecular weight excluding hydrogens is 526 g/mol. The van der Waals surface area contributed by atoms with Gasteiger partial charge in [0.25, 0.3) is 0 Å². The number of aromatic nitrogens is 2. The Bertz CT molecular complexity index is 1870. The second kappa shape index (κ2) is 11.9. The molecule has 0 fully saturated rings. The molecule has 3 N–H and O–H groups in total. The Balaban J connectivity index is 0.000000143. The smallest absolute Gasteiger partial charge is 0.131 e. The van der Waals surface area contributed by atoms with Crippen molar-refractivity contribution in [1.82, 2.24) is 14.5 Å². The van der Waals surface area contributed by atoms with E-state index < -0.39 is 0 Å². The molecule has 4 nitrogen and oxygen atoms in total. The van der Waals surface area contributed by atoms with Crippen LogP contribution in [0.3, 0.4) is 0 Å². The average molecular weight is 563 g/mol. The highest BCUT2D eigenvalue weighted by molar-refractivity contribution is 5.99. The summed E-state index contributed by atoms with van der Waals surface area (Å²) in [6.45, 7) is 1.96. The minimum Gasteiger partial charge on any atom is -0.347 e. The quantitative estimate of drug-likeness (QED) is 0.234. The fourth-order valence-electron chi connectivity index (χ4n) is 6.55. The minimum atomic E-state index is -0.161. The molecule has 6 aromatic rings. The molecule has 0 saturated carbocycles. The lowest BCUT2D eigenvalue weighted by Crippen LogP contribution is -2.34. The number of rotatable bonds is 3. The van der Waals surface area contributed by atoms with E-state index in [2.05, 4.69) is 69.0 Å². The van der Waals surface area contributed by atoms with Crippen molar-refractivity contribution in [2.24, 2.45) is 5.73 Å². The van der Waals surface area contributed by atoms with Crippen LogP contribution in [0, 0.1) is 11.6 Å². The molecule has 2 aliphatic rings. The maximum absolute atomic E-state index is 14.2. The van der Waals surface area contributed by atoms with Crippen molar-refractivity contribution in [3.8, 4) is 22.3 Å². The van der Waals surface area contributed by atoms with Gasteiger partial charge in [0.15, 0.2) is 0 Å². The molecule has 1 atom stereocenters. The van der Waals surface area contributed by atoms with Gasteiger partial charge in [-0.1, -0.05) is 72.8 Å². The highest BCUT2D eigenvalue weighted by Gasteiger charge is 2.23. The summed E-state index contributed by atoms with van der Waals surface area (Å²) in [5.74, 6) is -0.308. The Morgan fingerprint density at radius 2 is 1.21 bits per heavy atom. The van der Waals surface area contributed by atoms with E-state index in [1.807, 2.05) is 31.3 Å². The van der Waals surface area contributed by atoms with Crippen LogP contribution in [0.5, 0.6) is 0 Å². The first-order valence-electron chi connectivity index (χ1n) is 14.6. The molecule has 6 heteroatoms. The zero-order valence-electron chi connectivity index (χ0n) is 24.1. The van der Waals surface area contributed by atoms with Crippen LogP contribution in [-0.2, 0) is 25.9 Å². The molecule has 2 aliphatic heterocycles. The van der Waals surface area contributed by atoms with Crippen LogP contribution in [0.4, 0.5) is 8.78 Å². The number of halogens is 2. The van der Waals surface area contributed by atoms with Gasteiger partial charge in [0.05, 0.1) is 11.0 Å². The van der Waals surface area contributed by atoms with Crippen molar-refractivity contribution in [3.05, 3.63) is 120 Å². The zero-order chi connectivity index (χ0) is 29.2. The number of nitrogens with one attached hydrogen (secondary N) is 1. The number of benzene rings is 4. The molecule has 214 valence electrons. The Morgan fingerprint density at radius 3 is 1.81 bits per heavy atom. The van der Waals surface area contributed by atoms with Crippen LogP contribution < -0.4 is 11.1 Å². The third kappa shape index (κ3) is 4.91. The summed E-state index contributed by atoms with van der Waals surface area (Å²) >= 11 is 0. The second-order valence-corrected chi connectivity index (χ2v) is 10.8. The van der Waals surface area contributed by atoms with Crippen molar-refractivity contribution in [1.29, 1.82) is 0 Å². The Kier molecular flexibility index (Phi) is 7.92. The van der Waals surface area contributed by atoms with Gasteiger partial charge in [-0.2, -0.15) is 0 Å². The largest absolute Gasteiger partial charge is 0.347 e. The Labute approximate surface area is 245 Å². The fraction of sp³-hybridized carbons (Fsp3) is 0.222. The molecule has 4 aromatic carbocycles. The van der Waals surface area contributed by atoms with E-state index in [1.165, 1.54) is 46.7 Å². The molecule has 0 aliphatic carbocycles. The van der Waals surface area contributed by atoms with Gasteiger partial charge >= 0.3 is 0 Å². The van der Waals surface area contributed by atoms with Crippen molar-refractivity contribution in [3.63, 3.8) is 0 Å². The highest BCUT2D eigenvalue weighted by Crippen LogP contribution is 2.37. The number of aryl methyl sites for hydroxylation is 2. The monoisotopic (exact) mass is 562 g/mol. The number of likely N-dealkylation sites (N-methyl/N-ethyl adjacent to an activating group) is 1. The third-order valence-corrected chi connectivity index (χ3v) is 8.43. The standard InChI is InChI=1S/C18H17FN2.C17H14FN.CH5N/c1-20-13-9-12-5-4-7-15-16(11-21(10-13)18(12)15)14-6-2-3-8-17(14)19;18-16-9-2-1-7-13(16)15-11-19-10-4-6-12-5-3-8-14(15)17(12)19;1-2/h2-8,11,13,20H,9-10H2,1H3;1-3,5,7-9,11H,4,6,10H2;2H2,1H3. The van der Waals surface area contributed by atoms with E-state index in [-0.39, 0.29) is 11.6 Å². The molecule has 0 bridgehead atoms. The van der Waals surface area contributed by atoms with Crippen molar-refractivity contribution in [2.75, 3.05) is 14.1 Å². The maximum atomic E-state index is 14.2. The fourth-order valence-corrected chi connectivity index (χ4v) is 6.55. The summed E-state index contributed by atoms with van der Waals surface area (Å²) in [5.41, 5.74) is 13.1. The lowest BCUT2D eigenvalue weighted by atomic mass is 9.98. The predicted molar refractivity (Wildman–Crippen MR) is 170 cm³/mol. The third-order valence-electron chi connectivity index (χ3n) is 8.43. The number of nitrogens with two attached hydrogens (primary N) is 1. The lowest BCUT2D eigenvalue weighted by Gasteiger charge is -2.24. The van der Waals surface area contributed by atoms with Crippen molar-refractivity contribution in [2.45, 2.75) is 38.4 Å². The van der Waals surface area contributed by atoms with E-state index in [1.54, 1.807) is 12.1 Å². The predicted octanol–water partition coefficient (Wildman–Crippen LogP) is 7.56. The summed E-state index contributed by atoms with van der Waals surface area (Å²) in [6, 6.07) is 27.2. The summed E-state index contributed by atoms with van der Waals surface area (Å²) in [4.78, 5) is 0. The molecule has 8 rings (SSSR count). The molecule has 0 radical (unpaired) electrons. The normalized spacial score (nSPS) is 15.1. The Morgan fingerprint density at radius 1 is 0.667 bits per heavy atom. The van der Waals surface area contributed by atoms with Crippen LogP contribution >= 0.6 is 0 Å². The molecule has 4 heterocycles. The van der Waals surface area contributed by atoms with Crippen LogP contribution in [0.2, 0.25) is 0 Å². The van der Waals surface area contributed by atoms with Crippen LogP contribution in [0.15, 0.2) is 97.3 Å². The van der Waals surface area contributed by atoms with Gasteiger partial charge in [-0.15, -0.1) is 0 Å². The number of hydrogen-bond acceptors (Lipinski definition) is 2. The van der Waals surface area contributed by atoms with Crippen LogP contribution in [0.25, 0.3) is 44.1 Å². The average Bonchev–Trinajstić information content (AvgIpc) is 3.60. The molecule has 1 unspecified atom stereocenters. The molecular formula is C36H36F2N4. The van der Waals surface area contributed by atoms with E-state index in [4.69, 9.17) is 0 Å². The van der Waals surface area contributed by atoms with E-state index >= 15 is 0 Å². The SMILES string of the molecule is CN.CNC1Cc2cccc3c(-c4ccccc4F)cn(c23)C1.Fc1ccccc1-c1cn2c3c(cccc13)CCC2. The molecule has 0 saturated heterocycles. The number of nitrogens with zero attached hydrogens (tertiary/aromatic N) is 2. The second-order valence-electron chi connectivity index (χ2n) is 10.8. The van der Waals surface area contributed by atoms with Gasteiger partial charge in [0.1, 0.15) is 11.6 Å². The van der Waals surface area contributed by atoms with E-state index in [0.717, 1.165) is 48.9 Å². The summed E-state index contributed by atoms with van der Waals surface area (Å²) < 4.78 is 32.7. The van der Waals surface area contributed by atoms with Gasteiger partial charge in [-0.3, -0.25) is 0 Å². The van der Waals surface area contributed by atoms with Gasteiger partial charge in [-0.05, 0) is 56.6 Å². The first kappa shape index (κ1) is 27.9. The molecule has 2 aromatic heterocycles. The zero-order valence-corrected chi connectivity index (χ0v) is 24.1. The van der Waals surface area contributed by atoms with Crippen molar-refractivity contribution < 1.29 is 8.78 Å². The minimum absolute atomic E-state index is 0.147. The topological polar surface area (TPSA) is 47.9 Å². The molecule has 0 spiro atoms. The molecule has 0 amide bonds. The van der Waals surface area contributed by atoms with Gasteiger partial charge < -0.3 is 20.2 Å². The summed E-state index contributed by atoms with van der Waals surface area (Å²) in [7, 11) is 3.50. The Hall–Kier alpha value is -4.26. The lowest BCUT2D eigenvalue weighted by molar-refractivity contribution is 0.471. The van der Waals surface area contributed by atoms with Crippen LogP contribution in [0.1, 0.15) is 17.5 Å². The van der Waals surface area contributed by atoms with Crippen LogP contribution in [-0.4, -0.2) is 29.3 Å². The van der Waals surface area contributed by atoms with Crippen molar-refractivity contribution >= 4 is 21.8 Å². The number of hydrogen-bond donors (Lipinski definition) is 2. The number of para-hydroxylation sites is 2. The maximum Gasteiger partial charge on any atom is 0.131 e. The van der Waals surface area contributed by atoms with Gasteiger partial charge in [0, 0.05) is 64.6 Å².